The number of hydrogen-bond donors (Lipinski definition) is 1. The SMILES string of the molecule is CCCC(C)OP1(=O)OC2Cc3c(C)c(O)c(C)c(C)c3OC2(C)O1. The number of aromatic hydroxyl groups is 1. The van der Waals surface area contributed by atoms with Gasteiger partial charge in [-0.25, -0.2) is 9.09 Å². The van der Waals surface area contributed by atoms with E-state index in [2.05, 4.69) is 0 Å². The van der Waals surface area contributed by atoms with Gasteiger partial charge >= 0.3 is 7.82 Å². The lowest BCUT2D eigenvalue weighted by atomic mass is 9.89. The molecule has 2 aliphatic rings. The highest BCUT2D eigenvalue weighted by Crippen LogP contribution is 2.64. The molecule has 1 saturated heterocycles. The predicted molar refractivity (Wildman–Crippen MR) is 94.1 cm³/mol. The summed E-state index contributed by atoms with van der Waals surface area (Å²) in [7, 11) is -3.70. The van der Waals surface area contributed by atoms with E-state index in [1.807, 2.05) is 34.6 Å². The molecule has 2 aliphatic heterocycles. The lowest BCUT2D eigenvalue weighted by Crippen LogP contribution is -2.47. The number of benzene rings is 1. The number of phenolic OH excluding ortho intramolecular Hbond substituents is 1. The van der Waals surface area contributed by atoms with E-state index in [0.29, 0.717) is 12.2 Å². The van der Waals surface area contributed by atoms with Gasteiger partial charge in [0.2, 0.25) is 5.79 Å². The van der Waals surface area contributed by atoms with Crippen LogP contribution in [0, 0.1) is 20.8 Å². The Hall–Kier alpha value is -1.07. The van der Waals surface area contributed by atoms with Crippen LogP contribution in [0.5, 0.6) is 11.5 Å². The largest absolute Gasteiger partial charge is 0.507 e. The molecule has 140 valence electrons. The lowest BCUT2D eigenvalue weighted by Gasteiger charge is -2.36. The molecule has 2 heterocycles. The van der Waals surface area contributed by atoms with Crippen molar-refractivity contribution >= 4 is 7.82 Å². The van der Waals surface area contributed by atoms with Gasteiger partial charge in [-0.2, -0.15) is 0 Å². The minimum Gasteiger partial charge on any atom is -0.507 e. The van der Waals surface area contributed by atoms with Crippen LogP contribution in [-0.4, -0.2) is 23.1 Å². The Morgan fingerprint density at radius 1 is 1.32 bits per heavy atom. The molecule has 0 saturated carbocycles. The quantitative estimate of drug-likeness (QED) is 0.775. The van der Waals surface area contributed by atoms with Gasteiger partial charge in [-0.3, -0.25) is 9.05 Å². The highest BCUT2D eigenvalue weighted by molar-refractivity contribution is 7.48. The zero-order chi connectivity index (χ0) is 18.6. The molecule has 0 bridgehead atoms. The van der Waals surface area contributed by atoms with E-state index >= 15 is 0 Å². The molecule has 1 aromatic rings. The van der Waals surface area contributed by atoms with Crippen LogP contribution < -0.4 is 4.74 Å². The highest BCUT2D eigenvalue weighted by Gasteiger charge is 2.59. The van der Waals surface area contributed by atoms with Crippen molar-refractivity contribution in [1.29, 1.82) is 0 Å². The smallest absolute Gasteiger partial charge is 0.479 e. The van der Waals surface area contributed by atoms with Crippen LogP contribution in [0.4, 0.5) is 0 Å². The second kappa shape index (κ2) is 6.27. The summed E-state index contributed by atoms with van der Waals surface area (Å²) < 4.78 is 36.0. The van der Waals surface area contributed by atoms with Crippen LogP contribution in [0.25, 0.3) is 0 Å². The summed E-state index contributed by atoms with van der Waals surface area (Å²) in [6.07, 6.45) is 1.35. The maximum absolute atomic E-state index is 12.9. The van der Waals surface area contributed by atoms with Gasteiger partial charge in [-0.05, 0) is 50.8 Å². The second-order valence-corrected chi connectivity index (χ2v) is 8.69. The van der Waals surface area contributed by atoms with Gasteiger partial charge in [0.1, 0.15) is 17.6 Å². The molecule has 0 spiro atoms. The molecular weight excluding hydrogens is 343 g/mol. The third-order valence-electron chi connectivity index (χ3n) is 5.17. The average Bonchev–Trinajstić information content (AvgIpc) is 2.78. The van der Waals surface area contributed by atoms with E-state index < -0.39 is 19.7 Å². The first-order valence-corrected chi connectivity index (χ1v) is 10.2. The van der Waals surface area contributed by atoms with Crippen LogP contribution in [0.15, 0.2) is 0 Å². The van der Waals surface area contributed by atoms with Crippen LogP contribution >= 0.6 is 7.82 Å². The Kier molecular flexibility index (Phi) is 4.70. The Bertz CT molecular complexity index is 746. The Labute approximate surface area is 149 Å². The van der Waals surface area contributed by atoms with Gasteiger partial charge < -0.3 is 9.84 Å². The molecule has 0 radical (unpaired) electrons. The first kappa shape index (κ1) is 18.7. The van der Waals surface area contributed by atoms with Gasteiger partial charge in [0.15, 0.2) is 0 Å². The molecule has 7 heteroatoms. The standard InChI is InChI=1S/C18H27O6P/c1-7-8-10(2)22-25(20)23-15-9-14-13(5)16(19)11(3)12(4)17(14)21-18(15,6)24-25/h10,15,19H,7-9H2,1-6H3. The fourth-order valence-corrected chi connectivity index (χ4v) is 5.39. The first-order chi connectivity index (χ1) is 11.6. The maximum Gasteiger partial charge on any atom is 0.479 e. The molecule has 1 N–H and O–H groups in total. The fourth-order valence-electron chi connectivity index (χ4n) is 3.53. The van der Waals surface area contributed by atoms with Gasteiger partial charge in [0.05, 0.1) is 6.10 Å². The molecule has 6 nitrogen and oxygen atoms in total. The van der Waals surface area contributed by atoms with E-state index in [-0.39, 0.29) is 11.9 Å². The van der Waals surface area contributed by atoms with Crippen molar-refractivity contribution in [3.63, 3.8) is 0 Å². The van der Waals surface area contributed by atoms with Gasteiger partial charge in [0, 0.05) is 18.9 Å². The van der Waals surface area contributed by atoms with Gasteiger partial charge in [-0.15, -0.1) is 0 Å². The Morgan fingerprint density at radius 2 is 2.00 bits per heavy atom. The average molecular weight is 370 g/mol. The molecule has 1 fully saturated rings. The number of phosphoric ester groups is 1. The molecule has 0 amide bonds. The number of hydrogen-bond acceptors (Lipinski definition) is 6. The third-order valence-corrected chi connectivity index (χ3v) is 6.89. The third kappa shape index (κ3) is 3.10. The van der Waals surface area contributed by atoms with Crippen LogP contribution in [0.3, 0.4) is 0 Å². The number of fused-ring (bicyclic) bond motifs is 2. The summed E-state index contributed by atoms with van der Waals surface area (Å²) in [6, 6.07) is 0. The number of phenols is 1. The maximum atomic E-state index is 12.9. The van der Waals surface area contributed by atoms with Gasteiger partial charge in [-0.1, -0.05) is 13.3 Å². The topological polar surface area (TPSA) is 74.2 Å². The Morgan fingerprint density at radius 3 is 2.64 bits per heavy atom. The number of rotatable bonds is 4. The lowest BCUT2D eigenvalue weighted by molar-refractivity contribution is -0.129. The summed E-state index contributed by atoms with van der Waals surface area (Å²) in [6.45, 7) is 11.2. The van der Waals surface area contributed by atoms with E-state index in [4.69, 9.17) is 18.3 Å². The second-order valence-electron chi connectivity index (χ2n) is 7.19. The minimum absolute atomic E-state index is 0.225. The van der Waals surface area contributed by atoms with Crippen molar-refractivity contribution in [2.24, 2.45) is 0 Å². The molecule has 25 heavy (non-hydrogen) atoms. The zero-order valence-corrected chi connectivity index (χ0v) is 16.6. The molecule has 1 aromatic carbocycles. The van der Waals surface area contributed by atoms with E-state index in [1.165, 1.54) is 0 Å². The van der Waals surface area contributed by atoms with Crippen molar-refractivity contribution in [2.75, 3.05) is 0 Å². The molecule has 4 unspecified atom stereocenters. The molecule has 0 aromatic heterocycles. The van der Waals surface area contributed by atoms with Crippen molar-refractivity contribution in [1.82, 2.24) is 0 Å². The highest BCUT2D eigenvalue weighted by atomic mass is 31.2. The predicted octanol–water partition coefficient (Wildman–Crippen LogP) is 4.70. The van der Waals surface area contributed by atoms with Crippen LogP contribution in [0.1, 0.15) is 55.9 Å². The molecule has 3 rings (SSSR count). The summed E-state index contributed by atoms with van der Waals surface area (Å²) in [5.41, 5.74) is 3.24. The summed E-state index contributed by atoms with van der Waals surface area (Å²) in [5.74, 6) is -0.238. The van der Waals surface area contributed by atoms with E-state index in [0.717, 1.165) is 35.1 Å². The summed E-state index contributed by atoms with van der Waals surface area (Å²) in [5, 5.41) is 10.3. The van der Waals surface area contributed by atoms with Crippen molar-refractivity contribution in [3.8, 4) is 11.5 Å². The summed E-state index contributed by atoms with van der Waals surface area (Å²) >= 11 is 0. The Balaban J connectivity index is 1.93. The molecule has 4 atom stereocenters. The zero-order valence-electron chi connectivity index (χ0n) is 15.7. The van der Waals surface area contributed by atoms with Crippen molar-refractivity contribution in [2.45, 2.75) is 78.8 Å². The minimum atomic E-state index is -3.70. The number of phosphoric acid groups is 1. The van der Waals surface area contributed by atoms with Crippen LogP contribution in [-0.2, 0) is 24.6 Å². The van der Waals surface area contributed by atoms with E-state index in [9.17, 15) is 9.67 Å². The van der Waals surface area contributed by atoms with Gasteiger partial charge in [0.25, 0.3) is 0 Å². The van der Waals surface area contributed by atoms with Crippen molar-refractivity contribution < 1.29 is 28.0 Å². The normalized spacial score (nSPS) is 32.0. The first-order valence-electron chi connectivity index (χ1n) is 8.78. The van der Waals surface area contributed by atoms with Crippen LogP contribution in [0.2, 0.25) is 0 Å². The van der Waals surface area contributed by atoms with E-state index in [1.54, 1.807) is 6.92 Å². The number of ether oxygens (including phenoxy) is 1. The summed E-state index contributed by atoms with van der Waals surface area (Å²) in [4.78, 5) is 0. The molecular formula is C18H27O6P. The van der Waals surface area contributed by atoms with Crippen molar-refractivity contribution in [3.05, 3.63) is 22.3 Å². The fraction of sp³-hybridized carbons (Fsp3) is 0.667. The monoisotopic (exact) mass is 370 g/mol. The molecule has 0 aliphatic carbocycles.